The van der Waals surface area contributed by atoms with Gasteiger partial charge in [0.25, 0.3) is 5.91 Å². The predicted molar refractivity (Wildman–Crippen MR) is 68.4 cm³/mol. The first-order valence-electron chi connectivity index (χ1n) is 6.51. The largest absolute Gasteiger partial charge is 0.480 e. The molecule has 0 radical (unpaired) electrons. The third-order valence-electron chi connectivity index (χ3n) is 3.45. The van der Waals surface area contributed by atoms with Gasteiger partial charge >= 0.3 is 5.97 Å². The number of carbonyl (C=O) groups excluding carboxylic acids is 1. The number of carboxylic acid groups (broad SMARTS) is 1. The van der Waals surface area contributed by atoms with Crippen LogP contribution in [0.4, 0.5) is 0 Å². The van der Waals surface area contributed by atoms with E-state index < -0.39 is 24.0 Å². The van der Waals surface area contributed by atoms with Gasteiger partial charge in [-0.15, -0.1) is 0 Å². The molecule has 0 spiro atoms. The third-order valence-corrected chi connectivity index (χ3v) is 3.45. The molecule has 1 fully saturated rings. The van der Waals surface area contributed by atoms with Gasteiger partial charge in [-0.2, -0.15) is 0 Å². The molecule has 7 heteroatoms. The number of aromatic nitrogens is 1. The van der Waals surface area contributed by atoms with Gasteiger partial charge in [0.1, 0.15) is 11.6 Å². The van der Waals surface area contributed by atoms with Crippen molar-refractivity contribution >= 4 is 11.9 Å². The lowest BCUT2D eigenvalue weighted by atomic mass is 10.0. The maximum absolute atomic E-state index is 12.6. The van der Waals surface area contributed by atoms with Gasteiger partial charge in [-0.05, 0) is 6.92 Å². The minimum atomic E-state index is -1.12. The summed E-state index contributed by atoms with van der Waals surface area (Å²) in [5.74, 6) is -1.16. The fourth-order valence-electron chi connectivity index (χ4n) is 2.46. The maximum atomic E-state index is 12.6. The van der Waals surface area contributed by atoms with Gasteiger partial charge in [-0.1, -0.05) is 19.0 Å². The van der Waals surface area contributed by atoms with Crippen LogP contribution in [-0.4, -0.2) is 50.8 Å². The van der Waals surface area contributed by atoms with Gasteiger partial charge in [-0.3, -0.25) is 4.79 Å². The number of aliphatic hydroxyl groups is 1. The van der Waals surface area contributed by atoms with Crippen LogP contribution in [0.1, 0.15) is 48.0 Å². The molecule has 0 aliphatic carbocycles. The van der Waals surface area contributed by atoms with Crippen LogP contribution in [0.2, 0.25) is 0 Å². The summed E-state index contributed by atoms with van der Waals surface area (Å²) in [5.41, 5.74) is 0.740. The number of hydrogen-bond acceptors (Lipinski definition) is 5. The van der Waals surface area contributed by atoms with Crippen LogP contribution < -0.4 is 0 Å². The minimum absolute atomic E-state index is 0.0119. The van der Waals surface area contributed by atoms with E-state index in [4.69, 9.17) is 9.63 Å². The van der Waals surface area contributed by atoms with E-state index >= 15 is 0 Å². The molecule has 7 nitrogen and oxygen atoms in total. The maximum Gasteiger partial charge on any atom is 0.326 e. The summed E-state index contributed by atoms with van der Waals surface area (Å²) in [4.78, 5) is 24.9. The molecular weight excluding hydrogens is 264 g/mol. The molecule has 1 saturated heterocycles. The van der Waals surface area contributed by atoms with E-state index in [0.29, 0.717) is 17.0 Å². The van der Waals surface area contributed by atoms with E-state index in [0.717, 1.165) is 0 Å². The van der Waals surface area contributed by atoms with Crippen LogP contribution in [0, 0.1) is 6.92 Å². The Labute approximate surface area is 116 Å². The molecule has 1 aliphatic heterocycles. The number of aliphatic carboxylic acids is 1. The van der Waals surface area contributed by atoms with Crippen LogP contribution >= 0.6 is 0 Å². The molecular formula is C13H18N2O5. The van der Waals surface area contributed by atoms with E-state index in [-0.39, 0.29) is 18.9 Å². The average molecular weight is 282 g/mol. The molecule has 1 aromatic heterocycles. The number of likely N-dealkylation sites (tertiary alicyclic amines) is 1. The molecule has 1 amide bonds. The number of β-amino-alcohol motifs (C(OH)–C–C–N with tert-alkyl or cyclic N) is 1. The molecule has 2 atom stereocenters. The molecule has 0 bridgehead atoms. The second-order valence-electron chi connectivity index (χ2n) is 5.36. The van der Waals surface area contributed by atoms with Crippen molar-refractivity contribution < 1.29 is 24.3 Å². The number of carboxylic acids is 1. The first-order valence-corrected chi connectivity index (χ1v) is 6.51. The van der Waals surface area contributed by atoms with Gasteiger partial charge in [0.05, 0.1) is 11.8 Å². The van der Waals surface area contributed by atoms with Crippen LogP contribution in [-0.2, 0) is 4.79 Å². The Morgan fingerprint density at radius 3 is 2.65 bits per heavy atom. The Morgan fingerprint density at radius 1 is 1.45 bits per heavy atom. The fraction of sp³-hybridized carbons (Fsp3) is 0.615. The second-order valence-corrected chi connectivity index (χ2v) is 5.36. The van der Waals surface area contributed by atoms with Crippen molar-refractivity contribution in [1.29, 1.82) is 0 Å². The highest BCUT2D eigenvalue weighted by molar-refractivity contribution is 5.98. The van der Waals surface area contributed by atoms with Crippen molar-refractivity contribution in [3.05, 3.63) is 17.0 Å². The van der Waals surface area contributed by atoms with E-state index in [9.17, 15) is 14.7 Å². The van der Waals surface area contributed by atoms with Gasteiger partial charge in [-0.25, -0.2) is 4.79 Å². The normalized spacial score (nSPS) is 22.6. The van der Waals surface area contributed by atoms with Crippen molar-refractivity contribution in [2.24, 2.45) is 0 Å². The molecule has 1 aromatic rings. The summed E-state index contributed by atoms with van der Waals surface area (Å²) in [6.45, 7) is 5.39. The second kappa shape index (κ2) is 5.24. The molecule has 20 heavy (non-hydrogen) atoms. The molecule has 0 aromatic carbocycles. The van der Waals surface area contributed by atoms with Gasteiger partial charge in [0, 0.05) is 18.9 Å². The minimum Gasteiger partial charge on any atom is -0.480 e. The Kier molecular flexibility index (Phi) is 3.80. The topological polar surface area (TPSA) is 104 Å². The highest BCUT2D eigenvalue weighted by atomic mass is 16.5. The SMILES string of the molecule is Cc1noc(C(C)C)c1C(=O)N1CC(O)CC1C(=O)O. The van der Waals surface area contributed by atoms with Crippen LogP contribution in [0.25, 0.3) is 0 Å². The molecule has 110 valence electrons. The highest BCUT2D eigenvalue weighted by Crippen LogP contribution is 2.27. The van der Waals surface area contributed by atoms with Crippen molar-refractivity contribution in [2.45, 2.75) is 45.3 Å². The summed E-state index contributed by atoms with van der Waals surface area (Å²) in [6.07, 6.45) is -0.773. The lowest BCUT2D eigenvalue weighted by Crippen LogP contribution is -2.41. The monoisotopic (exact) mass is 282 g/mol. The highest BCUT2D eigenvalue weighted by Gasteiger charge is 2.41. The number of hydrogen-bond donors (Lipinski definition) is 2. The number of carbonyl (C=O) groups is 2. The Morgan fingerprint density at radius 2 is 2.10 bits per heavy atom. The standard InChI is InChI=1S/C13H18N2O5/c1-6(2)11-10(7(3)14-20-11)12(17)15-5-8(16)4-9(15)13(18)19/h6,8-9,16H,4-5H2,1-3H3,(H,18,19). The Hall–Kier alpha value is -1.89. The Bertz CT molecular complexity index is 537. The van der Waals surface area contributed by atoms with Crippen molar-refractivity contribution in [3.63, 3.8) is 0 Å². The molecule has 1 aliphatic rings. The molecule has 0 saturated carbocycles. The molecule has 2 heterocycles. The number of aliphatic hydroxyl groups excluding tert-OH is 1. The van der Waals surface area contributed by atoms with E-state index in [1.165, 1.54) is 4.90 Å². The van der Waals surface area contributed by atoms with Crippen LogP contribution in [0.5, 0.6) is 0 Å². The van der Waals surface area contributed by atoms with E-state index in [1.807, 2.05) is 13.8 Å². The van der Waals surface area contributed by atoms with Gasteiger partial charge in [0.2, 0.25) is 0 Å². The quantitative estimate of drug-likeness (QED) is 0.848. The summed E-state index contributed by atoms with van der Waals surface area (Å²) < 4.78 is 5.15. The zero-order chi connectivity index (χ0) is 15.0. The first-order chi connectivity index (χ1) is 9.32. The van der Waals surface area contributed by atoms with Crippen molar-refractivity contribution in [3.8, 4) is 0 Å². The zero-order valence-electron chi connectivity index (χ0n) is 11.7. The number of rotatable bonds is 3. The summed E-state index contributed by atoms with van der Waals surface area (Å²) in [6, 6.07) is -1.01. The molecule has 2 unspecified atom stereocenters. The van der Waals surface area contributed by atoms with E-state index in [2.05, 4.69) is 5.16 Å². The average Bonchev–Trinajstić information content (AvgIpc) is 2.91. The van der Waals surface area contributed by atoms with E-state index in [1.54, 1.807) is 6.92 Å². The van der Waals surface area contributed by atoms with Gasteiger partial charge in [0.15, 0.2) is 5.76 Å². The smallest absolute Gasteiger partial charge is 0.326 e. The number of nitrogens with zero attached hydrogens (tertiary/aromatic N) is 2. The molecule has 2 N–H and O–H groups in total. The van der Waals surface area contributed by atoms with Crippen molar-refractivity contribution in [2.75, 3.05) is 6.54 Å². The van der Waals surface area contributed by atoms with Gasteiger partial charge < -0.3 is 19.6 Å². The van der Waals surface area contributed by atoms with Crippen molar-refractivity contribution in [1.82, 2.24) is 10.1 Å². The number of amides is 1. The first kappa shape index (κ1) is 14.5. The lowest BCUT2D eigenvalue weighted by Gasteiger charge is -2.21. The van der Waals surface area contributed by atoms with Crippen LogP contribution in [0.3, 0.4) is 0 Å². The molecule has 2 rings (SSSR count). The number of aryl methyl sites for hydroxylation is 1. The zero-order valence-corrected chi connectivity index (χ0v) is 11.7. The third kappa shape index (κ3) is 2.40. The lowest BCUT2D eigenvalue weighted by molar-refractivity contribution is -0.141. The summed E-state index contributed by atoms with van der Waals surface area (Å²) in [5, 5.41) is 22.6. The van der Waals surface area contributed by atoms with Crippen LogP contribution in [0.15, 0.2) is 4.52 Å². The summed E-state index contributed by atoms with van der Waals surface area (Å²) >= 11 is 0. The predicted octanol–water partition coefficient (Wildman–Crippen LogP) is 0.766. The Balaban J connectivity index is 2.36. The summed E-state index contributed by atoms with van der Waals surface area (Å²) in [7, 11) is 0. The fourth-order valence-corrected chi connectivity index (χ4v) is 2.46.